The topological polar surface area (TPSA) is 0 Å². The standard InChI is InChI=1S/C76H104Si2/c1-17-69(18-2)49-73(25-9,26-10)63-57(69)47-58-64(74(27-11,28-12)50-70(58,19-3)20-4)67(63)77(61-45-37-41-53-39-33-35-43-55(53)61)78(62-46-38-42-54-40-34-36-44-56(54)62)68-65-59(71(21-5,22-6)51-75(65,29-13)30-14)48-60-66(68)76(31-15,32-16)52-72(60,23-7)24-8/h33-48H,17-32,49-52H2,1-16H3/b78-77+. The largest absolute Gasteiger partial charge is 0.0703 e. The summed E-state index contributed by atoms with van der Waals surface area (Å²) < 4.78 is 0. The Labute approximate surface area is 479 Å². The van der Waals surface area contributed by atoms with Gasteiger partial charge in [-0.2, -0.15) is 0 Å². The molecule has 0 radical (unpaired) electrons. The van der Waals surface area contributed by atoms with Gasteiger partial charge in [-0.05, 0) is 259 Å². The van der Waals surface area contributed by atoms with Crippen molar-refractivity contribution < 1.29 is 0 Å². The Kier molecular flexibility index (Phi) is 15.7. The Morgan fingerprint density at radius 1 is 0.269 bits per heavy atom. The van der Waals surface area contributed by atoms with Crippen molar-refractivity contribution in [2.24, 2.45) is 0 Å². The molecule has 0 saturated carbocycles. The molecule has 0 saturated heterocycles. The average molecular weight is 1070 g/mol. The van der Waals surface area contributed by atoms with Gasteiger partial charge in [0.15, 0.2) is 0 Å². The van der Waals surface area contributed by atoms with Gasteiger partial charge in [0.05, 0.1) is 15.8 Å². The summed E-state index contributed by atoms with van der Waals surface area (Å²) in [6.45, 7) is 41.6. The zero-order valence-electron chi connectivity index (χ0n) is 52.4. The van der Waals surface area contributed by atoms with E-state index in [1.807, 2.05) is 32.6 Å². The third-order valence-corrected chi connectivity index (χ3v) is 34.5. The van der Waals surface area contributed by atoms with Crippen LogP contribution in [0.4, 0.5) is 0 Å². The molecular formula is C76H104Si2. The molecule has 6 aromatic rings. The molecule has 10 rings (SSSR count). The van der Waals surface area contributed by atoms with Crippen molar-refractivity contribution in [1.82, 2.24) is 0 Å². The van der Waals surface area contributed by atoms with Gasteiger partial charge in [0.1, 0.15) is 0 Å². The molecule has 0 amide bonds. The van der Waals surface area contributed by atoms with Crippen LogP contribution < -0.4 is 20.7 Å². The monoisotopic (exact) mass is 1070 g/mol. The van der Waals surface area contributed by atoms with E-state index < -0.39 is 15.8 Å². The van der Waals surface area contributed by atoms with Gasteiger partial charge in [-0.15, -0.1) is 0 Å². The zero-order valence-corrected chi connectivity index (χ0v) is 54.4. The second-order valence-electron chi connectivity index (χ2n) is 26.6. The number of hydrogen-bond donors (Lipinski definition) is 0. The van der Waals surface area contributed by atoms with Crippen LogP contribution in [0.2, 0.25) is 0 Å². The number of hydrogen-bond acceptors (Lipinski definition) is 0. The summed E-state index contributed by atoms with van der Waals surface area (Å²) in [6.07, 6.45) is 24.4. The first-order valence-corrected chi connectivity index (χ1v) is 36.8. The second kappa shape index (κ2) is 21.2. The van der Waals surface area contributed by atoms with Crippen LogP contribution in [0.3, 0.4) is 0 Å². The second-order valence-corrected chi connectivity index (χ2v) is 33.2. The molecule has 2 heteroatoms. The Balaban J connectivity index is 1.67. The smallest absolute Gasteiger partial charge is 0.0645 e. The molecule has 0 spiro atoms. The average Bonchev–Trinajstić information content (AvgIpc) is 3.02. The molecule has 0 aliphatic heterocycles. The summed E-state index contributed by atoms with van der Waals surface area (Å²) in [7, 11) is -3.58. The molecule has 0 N–H and O–H groups in total. The van der Waals surface area contributed by atoms with Gasteiger partial charge in [-0.25, -0.2) is 0 Å². The first kappa shape index (κ1) is 57.5. The summed E-state index contributed by atoms with van der Waals surface area (Å²) in [4.78, 5) is 0. The van der Waals surface area contributed by atoms with Crippen molar-refractivity contribution in [3.05, 3.63) is 142 Å². The maximum absolute atomic E-state index is 3.01. The Morgan fingerprint density at radius 3 is 0.718 bits per heavy atom. The fourth-order valence-corrected chi connectivity index (χ4v) is 31.3. The van der Waals surface area contributed by atoms with Gasteiger partial charge in [0.2, 0.25) is 0 Å². The van der Waals surface area contributed by atoms with E-state index in [4.69, 9.17) is 0 Å². The highest BCUT2D eigenvalue weighted by Crippen LogP contribution is 2.64. The SMILES string of the molecule is CCC1(CC)CC(CC)(CC)c2c1cc1c(c2/[Si](c2cccc3ccccc23)=[Si](/c2c3c(cc4c2C(CC)(CC)CC4(CC)CC)C(CC)(CC)CC3(CC)CC)c2cccc3ccccc23)C(CC)(CC)CC1(CC)CC. The molecule has 0 unspecified atom stereocenters. The fraction of sp³-hybridized carbons (Fsp3) is 0.579. The van der Waals surface area contributed by atoms with Crippen LogP contribution in [0.5, 0.6) is 0 Å². The molecule has 4 aliphatic carbocycles. The van der Waals surface area contributed by atoms with Crippen molar-refractivity contribution in [2.45, 2.75) is 283 Å². The molecule has 0 heterocycles. The molecule has 416 valence electrons. The van der Waals surface area contributed by atoms with Gasteiger partial charge in [-0.1, -0.05) is 208 Å². The quantitative estimate of drug-likeness (QED) is 0.0669. The molecule has 6 aromatic carbocycles. The van der Waals surface area contributed by atoms with Gasteiger partial charge in [0.25, 0.3) is 0 Å². The Hall–Kier alpha value is -3.73. The minimum Gasteiger partial charge on any atom is -0.0645 e. The van der Waals surface area contributed by atoms with Gasteiger partial charge in [0, 0.05) is 0 Å². The van der Waals surface area contributed by atoms with Crippen molar-refractivity contribution >= 4 is 58.1 Å². The minimum absolute atomic E-state index is 0.0990. The maximum atomic E-state index is 3.01. The van der Waals surface area contributed by atoms with Crippen molar-refractivity contribution in [3.8, 4) is 0 Å². The molecule has 0 nitrogen and oxygen atoms in total. The number of rotatable bonds is 20. The molecule has 0 bridgehead atoms. The van der Waals surface area contributed by atoms with Crippen LogP contribution in [0, 0.1) is 0 Å². The van der Waals surface area contributed by atoms with Crippen LogP contribution in [-0.4, -0.2) is 15.8 Å². The summed E-state index contributed by atoms with van der Waals surface area (Å²) in [5.41, 5.74) is 15.7. The lowest BCUT2D eigenvalue weighted by molar-refractivity contribution is 0.278. The molecule has 0 atom stereocenters. The summed E-state index contributed by atoms with van der Waals surface area (Å²) in [5, 5.41) is 13.2. The lowest BCUT2D eigenvalue weighted by Gasteiger charge is -2.39. The van der Waals surface area contributed by atoms with Crippen molar-refractivity contribution in [2.75, 3.05) is 0 Å². The first-order chi connectivity index (χ1) is 37.7. The normalized spacial score (nSPS) is 20.4. The van der Waals surface area contributed by atoms with E-state index in [0.29, 0.717) is 0 Å². The number of fused-ring (bicyclic) bond motifs is 6. The van der Waals surface area contributed by atoms with Gasteiger partial charge < -0.3 is 0 Å². The van der Waals surface area contributed by atoms with Crippen LogP contribution >= 0.6 is 0 Å². The third-order valence-electron chi connectivity index (χ3n) is 25.5. The molecular weight excluding hydrogens is 969 g/mol. The van der Waals surface area contributed by atoms with Gasteiger partial charge >= 0.3 is 0 Å². The molecule has 0 aromatic heterocycles. The predicted molar refractivity (Wildman–Crippen MR) is 347 cm³/mol. The van der Waals surface area contributed by atoms with E-state index in [-0.39, 0.29) is 43.3 Å². The van der Waals surface area contributed by atoms with Crippen LogP contribution in [0.25, 0.3) is 21.5 Å². The highest BCUT2D eigenvalue weighted by atomic mass is 28.9. The summed E-state index contributed by atoms with van der Waals surface area (Å²) in [5.74, 6) is 0. The van der Waals surface area contributed by atoms with Crippen molar-refractivity contribution in [3.63, 3.8) is 0 Å². The highest BCUT2D eigenvalue weighted by Gasteiger charge is 2.60. The first-order valence-electron chi connectivity index (χ1n) is 32.8. The summed E-state index contributed by atoms with van der Waals surface area (Å²) >= 11 is 0. The number of benzene rings is 6. The highest BCUT2D eigenvalue weighted by molar-refractivity contribution is 7.20. The predicted octanol–water partition coefficient (Wildman–Crippen LogP) is 19.1. The Bertz CT molecular complexity index is 2880. The van der Waals surface area contributed by atoms with Gasteiger partial charge in [-0.3, -0.25) is 0 Å². The molecule has 78 heavy (non-hydrogen) atoms. The fourth-order valence-electron chi connectivity index (χ4n) is 19.7. The molecule has 4 aliphatic rings. The Morgan fingerprint density at radius 2 is 0.487 bits per heavy atom. The third kappa shape index (κ3) is 7.71. The van der Waals surface area contributed by atoms with E-state index in [1.165, 1.54) is 150 Å². The van der Waals surface area contributed by atoms with E-state index in [2.05, 4.69) is 208 Å². The van der Waals surface area contributed by atoms with Crippen LogP contribution in [0.15, 0.2) is 97.1 Å². The zero-order chi connectivity index (χ0) is 55.8. The summed E-state index contributed by atoms with van der Waals surface area (Å²) in [6, 6.07) is 41.1. The van der Waals surface area contributed by atoms with Crippen LogP contribution in [-0.2, 0) is 43.3 Å². The van der Waals surface area contributed by atoms with Crippen molar-refractivity contribution in [1.29, 1.82) is 0 Å². The lowest BCUT2D eigenvalue weighted by Crippen LogP contribution is -2.58. The maximum Gasteiger partial charge on any atom is 0.0703 e. The minimum atomic E-state index is -1.79. The van der Waals surface area contributed by atoms with E-state index in [1.54, 1.807) is 32.6 Å². The lowest BCUT2D eigenvalue weighted by atomic mass is 9.70. The van der Waals surface area contributed by atoms with Crippen LogP contribution in [0.1, 0.15) is 284 Å². The van der Waals surface area contributed by atoms with E-state index in [0.717, 1.165) is 0 Å². The van der Waals surface area contributed by atoms with E-state index in [9.17, 15) is 0 Å². The molecule has 0 fully saturated rings. The van der Waals surface area contributed by atoms with E-state index >= 15 is 0 Å².